The predicted octanol–water partition coefficient (Wildman–Crippen LogP) is 4.69. The third-order valence-electron chi connectivity index (χ3n) is 2.53. The highest BCUT2D eigenvalue weighted by Gasteiger charge is 2.06. The van der Waals surface area contributed by atoms with Crippen LogP contribution in [-0.4, -0.2) is 4.98 Å². The quantitative estimate of drug-likeness (QED) is 0.552. The Hall–Kier alpha value is -0.550. The van der Waals surface area contributed by atoms with E-state index in [9.17, 15) is 0 Å². The van der Waals surface area contributed by atoms with Crippen LogP contribution in [0.3, 0.4) is 0 Å². The molecule has 0 aliphatic carbocycles. The van der Waals surface area contributed by atoms with E-state index in [2.05, 4.69) is 73.8 Å². The van der Waals surface area contributed by atoms with Gasteiger partial charge >= 0.3 is 0 Å². The SMILES string of the molecule is Brc1cccc2[nH]c3ccc(I)cc3c12. The second-order valence-electron chi connectivity index (χ2n) is 3.48. The largest absolute Gasteiger partial charge is 0.354 e. The Balaban J connectivity index is 2.61. The Morgan fingerprint density at radius 3 is 2.80 bits per heavy atom. The standard InChI is InChI=1S/C12H7BrIN/c13-9-2-1-3-11-12(9)8-6-7(14)4-5-10(8)15-11/h1-6,15H. The minimum absolute atomic E-state index is 1.15. The van der Waals surface area contributed by atoms with Crippen molar-refractivity contribution < 1.29 is 0 Å². The number of benzene rings is 2. The summed E-state index contributed by atoms with van der Waals surface area (Å²) in [5.41, 5.74) is 2.37. The van der Waals surface area contributed by atoms with Crippen LogP contribution in [0, 0.1) is 3.57 Å². The molecule has 0 atom stereocenters. The fourth-order valence-corrected chi connectivity index (χ4v) is 2.95. The van der Waals surface area contributed by atoms with Crippen LogP contribution in [-0.2, 0) is 0 Å². The third kappa shape index (κ3) is 1.49. The average Bonchev–Trinajstić information content (AvgIpc) is 2.57. The second kappa shape index (κ2) is 3.49. The second-order valence-corrected chi connectivity index (χ2v) is 5.58. The summed E-state index contributed by atoms with van der Waals surface area (Å²) in [6.07, 6.45) is 0. The van der Waals surface area contributed by atoms with Gasteiger partial charge in [0.15, 0.2) is 0 Å². The summed E-state index contributed by atoms with van der Waals surface area (Å²) < 4.78 is 2.41. The molecule has 15 heavy (non-hydrogen) atoms. The molecule has 3 aromatic rings. The number of fused-ring (bicyclic) bond motifs is 3. The lowest BCUT2D eigenvalue weighted by Crippen LogP contribution is -1.71. The molecule has 74 valence electrons. The van der Waals surface area contributed by atoms with Crippen molar-refractivity contribution in [3.63, 3.8) is 0 Å². The molecule has 3 heteroatoms. The number of H-pyrrole nitrogens is 1. The van der Waals surface area contributed by atoms with E-state index in [1.165, 1.54) is 25.4 Å². The Labute approximate surface area is 109 Å². The van der Waals surface area contributed by atoms with Crippen LogP contribution in [0.25, 0.3) is 21.8 Å². The first kappa shape index (κ1) is 9.66. The minimum atomic E-state index is 1.15. The summed E-state index contributed by atoms with van der Waals surface area (Å²) in [4.78, 5) is 3.41. The van der Waals surface area contributed by atoms with Gasteiger partial charge in [0.25, 0.3) is 0 Å². The van der Waals surface area contributed by atoms with E-state index in [4.69, 9.17) is 0 Å². The summed E-state index contributed by atoms with van der Waals surface area (Å²) in [5, 5.41) is 2.55. The highest BCUT2D eigenvalue weighted by atomic mass is 127. The number of nitrogens with one attached hydrogen (secondary N) is 1. The summed E-state index contributed by atoms with van der Waals surface area (Å²) in [5.74, 6) is 0. The first-order valence-electron chi connectivity index (χ1n) is 4.61. The van der Waals surface area contributed by atoms with Gasteiger partial charge in [-0.2, -0.15) is 0 Å². The molecule has 0 radical (unpaired) electrons. The van der Waals surface area contributed by atoms with Gasteiger partial charge < -0.3 is 4.98 Å². The van der Waals surface area contributed by atoms with Gasteiger partial charge in [0.05, 0.1) is 0 Å². The Morgan fingerprint density at radius 1 is 1.07 bits per heavy atom. The van der Waals surface area contributed by atoms with Crippen molar-refractivity contribution in [1.29, 1.82) is 0 Å². The number of aromatic nitrogens is 1. The average molecular weight is 372 g/mol. The molecular weight excluding hydrogens is 365 g/mol. The number of hydrogen-bond acceptors (Lipinski definition) is 0. The fraction of sp³-hybridized carbons (Fsp3) is 0. The van der Waals surface area contributed by atoms with Crippen molar-refractivity contribution >= 4 is 60.3 Å². The zero-order valence-corrected chi connectivity index (χ0v) is 11.5. The molecule has 0 bridgehead atoms. The Kier molecular flexibility index (Phi) is 2.25. The highest BCUT2D eigenvalue weighted by molar-refractivity contribution is 14.1. The minimum Gasteiger partial charge on any atom is -0.354 e. The Bertz CT molecular complexity index is 657. The first-order valence-corrected chi connectivity index (χ1v) is 6.48. The van der Waals surface area contributed by atoms with Crippen LogP contribution in [0.15, 0.2) is 40.9 Å². The van der Waals surface area contributed by atoms with Gasteiger partial charge in [0.1, 0.15) is 0 Å². The van der Waals surface area contributed by atoms with Crippen molar-refractivity contribution in [2.24, 2.45) is 0 Å². The lowest BCUT2D eigenvalue weighted by molar-refractivity contribution is 1.54. The summed E-state index contributed by atoms with van der Waals surface area (Å²) >= 11 is 5.94. The zero-order chi connectivity index (χ0) is 10.4. The zero-order valence-electron chi connectivity index (χ0n) is 7.72. The van der Waals surface area contributed by atoms with Gasteiger partial charge in [-0.1, -0.05) is 22.0 Å². The van der Waals surface area contributed by atoms with E-state index in [0.29, 0.717) is 0 Å². The lowest BCUT2D eigenvalue weighted by atomic mass is 10.2. The topological polar surface area (TPSA) is 15.8 Å². The van der Waals surface area contributed by atoms with Gasteiger partial charge in [-0.3, -0.25) is 0 Å². The molecule has 1 aromatic heterocycles. The molecule has 0 amide bonds. The molecule has 0 spiro atoms. The molecule has 1 heterocycles. The van der Waals surface area contributed by atoms with Gasteiger partial charge in [-0.15, -0.1) is 0 Å². The first-order chi connectivity index (χ1) is 7.25. The molecule has 0 fully saturated rings. The Morgan fingerprint density at radius 2 is 1.93 bits per heavy atom. The maximum absolute atomic E-state index is 3.60. The molecule has 1 nitrogen and oxygen atoms in total. The maximum atomic E-state index is 3.60. The van der Waals surface area contributed by atoms with Crippen LogP contribution in [0.2, 0.25) is 0 Å². The summed E-state index contributed by atoms with van der Waals surface area (Å²) in [6, 6.07) is 12.7. The number of aromatic amines is 1. The molecule has 3 rings (SSSR count). The van der Waals surface area contributed by atoms with E-state index in [1.54, 1.807) is 0 Å². The molecule has 1 N–H and O–H groups in total. The summed E-state index contributed by atoms with van der Waals surface area (Å²) in [7, 11) is 0. The normalized spacial score (nSPS) is 11.3. The van der Waals surface area contributed by atoms with E-state index < -0.39 is 0 Å². The van der Waals surface area contributed by atoms with E-state index in [0.717, 1.165) is 4.47 Å². The summed E-state index contributed by atoms with van der Waals surface area (Å²) in [6.45, 7) is 0. The predicted molar refractivity (Wildman–Crippen MR) is 76.2 cm³/mol. The number of hydrogen-bond donors (Lipinski definition) is 1. The van der Waals surface area contributed by atoms with E-state index in [-0.39, 0.29) is 0 Å². The van der Waals surface area contributed by atoms with Crippen molar-refractivity contribution in [2.45, 2.75) is 0 Å². The highest BCUT2D eigenvalue weighted by Crippen LogP contribution is 2.32. The monoisotopic (exact) mass is 371 g/mol. The number of halogens is 2. The van der Waals surface area contributed by atoms with E-state index in [1.807, 2.05) is 6.07 Å². The molecule has 0 unspecified atom stereocenters. The van der Waals surface area contributed by atoms with Crippen LogP contribution < -0.4 is 0 Å². The van der Waals surface area contributed by atoms with Gasteiger partial charge in [0.2, 0.25) is 0 Å². The maximum Gasteiger partial charge on any atom is 0.0476 e. The van der Waals surface area contributed by atoms with E-state index >= 15 is 0 Å². The molecule has 0 saturated heterocycles. The molecule has 2 aromatic carbocycles. The smallest absolute Gasteiger partial charge is 0.0476 e. The van der Waals surface area contributed by atoms with Crippen LogP contribution in [0.1, 0.15) is 0 Å². The van der Waals surface area contributed by atoms with Crippen molar-refractivity contribution in [3.05, 3.63) is 44.4 Å². The number of rotatable bonds is 0. The fourth-order valence-electron chi connectivity index (χ4n) is 1.88. The molecule has 0 aliphatic heterocycles. The van der Waals surface area contributed by atoms with Crippen LogP contribution in [0.4, 0.5) is 0 Å². The molecule has 0 aliphatic rings. The van der Waals surface area contributed by atoms with Crippen LogP contribution in [0.5, 0.6) is 0 Å². The lowest BCUT2D eigenvalue weighted by Gasteiger charge is -1.95. The van der Waals surface area contributed by atoms with Crippen molar-refractivity contribution in [3.8, 4) is 0 Å². The third-order valence-corrected chi connectivity index (χ3v) is 3.87. The van der Waals surface area contributed by atoms with Crippen LogP contribution >= 0.6 is 38.5 Å². The van der Waals surface area contributed by atoms with Gasteiger partial charge in [-0.25, -0.2) is 0 Å². The molecule has 0 saturated carbocycles. The van der Waals surface area contributed by atoms with Gasteiger partial charge in [-0.05, 0) is 52.9 Å². The molecular formula is C12H7BrIN. The van der Waals surface area contributed by atoms with Crippen molar-refractivity contribution in [1.82, 2.24) is 4.98 Å². The van der Waals surface area contributed by atoms with Crippen molar-refractivity contribution in [2.75, 3.05) is 0 Å². The van der Waals surface area contributed by atoms with Gasteiger partial charge in [0, 0.05) is 29.8 Å².